The number of nitrogen functional groups attached to an aromatic ring is 1. The Morgan fingerprint density at radius 3 is 2.47 bits per heavy atom. The summed E-state index contributed by atoms with van der Waals surface area (Å²) in [6.07, 6.45) is 0. The number of nitrogens with two attached hydrogens (primary N) is 1. The van der Waals surface area contributed by atoms with E-state index in [2.05, 4.69) is 4.98 Å². The minimum atomic E-state index is 0.223. The molecule has 0 saturated heterocycles. The van der Waals surface area contributed by atoms with Crippen molar-refractivity contribution in [1.82, 2.24) is 4.98 Å². The molecule has 3 N–H and O–H groups in total. The Labute approximate surface area is 115 Å². The monoisotopic (exact) mass is 270 g/mol. The van der Waals surface area contributed by atoms with Crippen LogP contribution in [0.4, 0.5) is 5.69 Å². The van der Waals surface area contributed by atoms with Crippen molar-refractivity contribution in [1.29, 1.82) is 0 Å². The highest BCUT2D eigenvalue weighted by Gasteiger charge is 2.06. The third kappa shape index (κ3) is 2.20. The molecule has 0 atom stereocenters. The summed E-state index contributed by atoms with van der Waals surface area (Å²) in [4.78, 5) is 4.55. The van der Waals surface area contributed by atoms with Crippen LogP contribution in [0.2, 0.25) is 5.02 Å². The highest BCUT2D eigenvalue weighted by atomic mass is 35.5. The molecule has 3 aromatic rings. The maximum atomic E-state index is 9.30. The predicted molar refractivity (Wildman–Crippen MR) is 78.3 cm³/mol. The summed E-state index contributed by atoms with van der Waals surface area (Å²) in [5.74, 6) is 0.223. The summed E-state index contributed by atoms with van der Waals surface area (Å²) in [5.41, 5.74) is 9.11. The Balaban J connectivity index is 2.22. The van der Waals surface area contributed by atoms with E-state index in [9.17, 15) is 5.11 Å². The van der Waals surface area contributed by atoms with Gasteiger partial charge in [0.15, 0.2) is 0 Å². The lowest BCUT2D eigenvalue weighted by Crippen LogP contribution is -1.92. The van der Waals surface area contributed by atoms with E-state index >= 15 is 0 Å². The summed E-state index contributed by atoms with van der Waals surface area (Å²) in [7, 11) is 0. The normalized spacial score (nSPS) is 10.8. The maximum Gasteiger partial charge on any atom is 0.115 e. The van der Waals surface area contributed by atoms with Crippen LogP contribution in [0.25, 0.3) is 22.2 Å². The molecule has 0 aliphatic heterocycles. The molecule has 0 spiro atoms. The number of aromatic nitrogens is 1. The van der Waals surface area contributed by atoms with Crippen LogP contribution in [-0.4, -0.2) is 10.1 Å². The molecule has 0 saturated carbocycles. The summed E-state index contributed by atoms with van der Waals surface area (Å²) >= 11 is 5.98. The third-order valence-corrected chi connectivity index (χ3v) is 3.20. The van der Waals surface area contributed by atoms with Gasteiger partial charge in [-0.05, 0) is 48.5 Å². The quantitative estimate of drug-likeness (QED) is 0.706. The Bertz CT molecular complexity index is 754. The summed E-state index contributed by atoms with van der Waals surface area (Å²) in [5, 5.41) is 10.8. The fourth-order valence-corrected chi connectivity index (χ4v) is 2.17. The second kappa shape index (κ2) is 4.44. The smallest absolute Gasteiger partial charge is 0.115 e. The molecular formula is C15H11ClN2O. The lowest BCUT2D eigenvalue weighted by Gasteiger charge is -2.07. The van der Waals surface area contributed by atoms with Crippen LogP contribution in [0.1, 0.15) is 0 Å². The zero-order valence-electron chi connectivity index (χ0n) is 9.97. The van der Waals surface area contributed by atoms with E-state index in [0.29, 0.717) is 10.7 Å². The standard InChI is InChI=1S/C15H11ClN2O/c16-10-3-6-12-13(17)8-14(18-15(12)7-10)9-1-4-11(19)5-2-9/h1-8,19H,(H2,17,18). The highest BCUT2D eigenvalue weighted by Crippen LogP contribution is 2.28. The SMILES string of the molecule is Nc1cc(-c2ccc(O)cc2)nc2cc(Cl)ccc12. The zero-order valence-corrected chi connectivity index (χ0v) is 10.7. The van der Waals surface area contributed by atoms with Crippen LogP contribution in [0, 0.1) is 0 Å². The number of rotatable bonds is 1. The average molecular weight is 271 g/mol. The van der Waals surface area contributed by atoms with Gasteiger partial charge in [-0.15, -0.1) is 0 Å². The number of nitrogens with zero attached hydrogens (tertiary/aromatic N) is 1. The molecule has 0 radical (unpaired) electrons. The number of hydrogen-bond donors (Lipinski definition) is 2. The van der Waals surface area contributed by atoms with Gasteiger partial charge in [0.1, 0.15) is 5.75 Å². The van der Waals surface area contributed by atoms with Crippen molar-refractivity contribution in [2.45, 2.75) is 0 Å². The molecule has 94 valence electrons. The molecule has 2 aromatic carbocycles. The number of anilines is 1. The third-order valence-electron chi connectivity index (χ3n) is 2.97. The highest BCUT2D eigenvalue weighted by molar-refractivity contribution is 6.31. The number of benzene rings is 2. The molecule has 0 aliphatic rings. The molecule has 1 aromatic heterocycles. The van der Waals surface area contributed by atoms with Crippen molar-refractivity contribution in [2.75, 3.05) is 5.73 Å². The Kier molecular flexibility index (Phi) is 2.76. The first kappa shape index (κ1) is 11.8. The minimum absolute atomic E-state index is 0.223. The van der Waals surface area contributed by atoms with Crippen molar-refractivity contribution in [3.63, 3.8) is 0 Å². The molecule has 3 rings (SSSR count). The van der Waals surface area contributed by atoms with E-state index in [4.69, 9.17) is 17.3 Å². The molecule has 0 unspecified atom stereocenters. The number of aromatic hydroxyl groups is 1. The maximum absolute atomic E-state index is 9.30. The van der Waals surface area contributed by atoms with Gasteiger partial charge < -0.3 is 10.8 Å². The largest absolute Gasteiger partial charge is 0.508 e. The van der Waals surface area contributed by atoms with Gasteiger partial charge in [-0.1, -0.05) is 11.6 Å². The van der Waals surface area contributed by atoms with Gasteiger partial charge in [0.25, 0.3) is 0 Å². The van der Waals surface area contributed by atoms with Gasteiger partial charge >= 0.3 is 0 Å². The van der Waals surface area contributed by atoms with Crippen LogP contribution >= 0.6 is 11.6 Å². The van der Waals surface area contributed by atoms with Gasteiger partial charge in [-0.25, -0.2) is 4.98 Å². The Morgan fingerprint density at radius 1 is 1.00 bits per heavy atom. The fraction of sp³-hybridized carbons (Fsp3) is 0. The number of hydrogen-bond acceptors (Lipinski definition) is 3. The molecule has 0 bridgehead atoms. The zero-order chi connectivity index (χ0) is 13.4. The minimum Gasteiger partial charge on any atom is -0.508 e. The van der Waals surface area contributed by atoms with E-state index in [0.717, 1.165) is 22.2 Å². The molecule has 3 nitrogen and oxygen atoms in total. The molecule has 4 heteroatoms. The first-order chi connectivity index (χ1) is 9.13. The van der Waals surface area contributed by atoms with Gasteiger partial charge in [-0.3, -0.25) is 0 Å². The molecule has 0 fully saturated rings. The van der Waals surface area contributed by atoms with Crippen molar-refractivity contribution < 1.29 is 5.11 Å². The van der Waals surface area contributed by atoms with Gasteiger partial charge in [0, 0.05) is 21.7 Å². The predicted octanol–water partition coefficient (Wildman–Crippen LogP) is 3.84. The number of halogens is 1. The molecule has 0 amide bonds. The van der Waals surface area contributed by atoms with Crippen molar-refractivity contribution in [2.24, 2.45) is 0 Å². The van der Waals surface area contributed by atoms with Crippen LogP contribution in [0.15, 0.2) is 48.5 Å². The number of phenolic OH excluding ortho intramolecular Hbond substituents is 1. The average Bonchev–Trinajstić information content (AvgIpc) is 2.38. The summed E-state index contributed by atoms with van der Waals surface area (Å²) < 4.78 is 0. The van der Waals surface area contributed by atoms with Crippen LogP contribution in [0.5, 0.6) is 5.75 Å². The lowest BCUT2D eigenvalue weighted by molar-refractivity contribution is 0.475. The van der Waals surface area contributed by atoms with Crippen LogP contribution in [0.3, 0.4) is 0 Å². The fourth-order valence-electron chi connectivity index (χ4n) is 2.01. The Morgan fingerprint density at radius 2 is 1.74 bits per heavy atom. The van der Waals surface area contributed by atoms with Crippen LogP contribution in [-0.2, 0) is 0 Å². The van der Waals surface area contributed by atoms with Crippen molar-refractivity contribution >= 4 is 28.2 Å². The number of fused-ring (bicyclic) bond motifs is 1. The van der Waals surface area contributed by atoms with Gasteiger partial charge in [0.2, 0.25) is 0 Å². The second-order valence-electron chi connectivity index (χ2n) is 4.31. The van der Waals surface area contributed by atoms with E-state index in [1.165, 1.54) is 0 Å². The molecule has 19 heavy (non-hydrogen) atoms. The molecule has 1 heterocycles. The van der Waals surface area contributed by atoms with Crippen molar-refractivity contribution in [3.05, 3.63) is 53.6 Å². The molecular weight excluding hydrogens is 260 g/mol. The first-order valence-electron chi connectivity index (χ1n) is 5.79. The Hall–Kier alpha value is -2.26. The van der Waals surface area contributed by atoms with E-state index in [-0.39, 0.29) is 5.75 Å². The summed E-state index contributed by atoms with van der Waals surface area (Å²) in [6.45, 7) is 0. The second-order valence-corrected chi connectivity index (χ2v) is 4.74. The number of phenols is 1. The van der Waals surface area contributed by atoms with Crippen molar-refractivity contribution in [3.8, 4) is 17.0 Å². The lowest BCUT2D eigenvalue weighted by atomic mass is 10.1. The topological polar surface area (TPSA) is 59.1 Å². The van der Waals surface area contributed by atoms with Crippen LogP contribution < -0.4 is 5.73 Å². The summed E-state index contributed by atoms with van der Waals surface area (Å²) in [6, 6.07) is 14.1. The van der Waals surface area contributed by atoms with Gasteiger partial charge in [-0.2, -0.15) is 0 Å². The van der Waals surface area contributed by atoms with Gasteiger partial charge in [0.05, 0.1) is 11.2 Å². The van der Waals surface area contributed by atoms with E-state index < -0.39 is 0 Å². The van der Waals surface area contributed by atoms with E-state index in [1.54, 1.807) is 36.4 Å². The number of pyridine rings is 1. The van der Waals surface area contributed by atoms with E-state index in [1.807, 2.05) is 12.1 Å². The molecule has 0 aliphatic carbocycles. The first-order valence-corrected chi connectivity index (χ1v) is 6.16.